The minimum atomic E-state index is -0.841. The first-order valence-corrected chi connectivity index (χ1v) is 6.06. The zero-order chi connectivity index (χ0) is 13.3. The molecule has 1 heterocycles. The van der Waals surface area contributed by atoms with Gasteiger partial charge in [0.2, 0.25) is 0 Å². The molecule has 100 valence electrons. The summed E-state index contributed by atoms with van der Waals surface area (Å²) in [5.41, 5.74) is 0. The van der Waals surface area contributed by atoms with Crippen LogP contribution in [0, 0.1) is 0 Å². The van der Waals surface area contributed by atoms with Gasteiger partial charge in [0.25, 0.3) is 5.91 Å². The minimum Gasteiger partial charge on any atom is -0.394 e. The van der Waals surface area contributed by atoms with Gasteiger partial charge in [-0.2, -0.15) is 12.6 Å². The van der Waals surface area contributed by atoms with Gasteiger partial charge in [-0.25, -0.2) is 0 Å². The minimum absolute atomic E-state index is 0.244. The predicted octanol–water partition coefficient (Wildman–Crippen LogP) is 0.323. The van der Waals surface area contributed by atoms with E-state index in [2.05, 4.69) is 17.9 Å². The van der Waals surface area contributed by atoms with E-state index in [1.54, 1.807) is 13.8 Å². The number of nitrogens with one attached hydrogen (secondary N) is 1. The van der Waals surface area contributed by atoms with Crippen molar-refractivity contribution in [2.45, 2.75) is 50.4 Å². The quantitative estimate of drug-likeness (QED) is 0.639. The average Bonchev–Trinajstić information content (AvgIpc) is 2.49. The smallest absolute Gasteiger partial charge is 0.252 e. The second-order valence-electron chi connectivity index (χ2n) is 5.31. The van der Waals surface area contributed by atoms with Crippen LogP contribution in [0.3, 0.4) is 0 Å². The van der Waals surface area contributed by atoms with Crippen molar-refractivity contribution in [2.75, 3.05) is 13.2 Å². The predicted molar refractivity (Wildman–Crippen MR) is 67.0 cm³/mol. The molecule has 1 fully saturated rings. The summed E-state index contributed by atoms with van der Waals surface area (Å²) in [5, 5.41) is 11.9. The van der Waals surface area contributed by atoms with Gasteiger partial charge in [-0.1, -0.05) is 0 Å². The molecular formula is C11H21NO4S. The summed E-state index contributed by atoms with van der Waals surface area (Å²) < 4.78 is 10.6. The van der Waals surface area contributed by atoms with Gasteiger partial charge in [0.15, 0.2) is 11.9 Å². The Bertz CT molecular complexity index is 288. The number of carbonyl (C=O) groups is 1. The van der Waals surface area contributed by atoms with Crippen molar-refractivity contribution in [2.24, 2.45) is 0 Å². The summed E-state index contributed by atoms with van der Waals surface area (Å²) in [6.07, 6.45) is -1.39. The van der Waals surface area contributed by atoms with Crippen LogP contribution in [0.2, 0.25) is 0 Å². The third-order valence-corrected chi connectivity index (χ3v) is 2.48. The maximum Gasteiger partial charge on any atom is 0.252 e. The number of carbonyl (C=O) groups excluding carboxylic acids is 1. The van der Waals surface area contributed by atoms with E-state index in [1.807, 2.05) is 13.8 Å². The maximum absolute atomic E-state index is 11.9. The first kappa shape index (κ1) is 14.8. The van der Waals surface area contributed by atoms with E-state index in [0.717, 1.165) is 0 Å². The molecule has 0 saturated carbocycles. The highest BCUT2D eigenvalue weighted by Crippen LogP contribution is 2.28. The second-order valence-corrected chi connectivity index (χ2v) is 6.52. The average molecular weight is 263 g/mol. The molecule has 0 aromatic rings. The number of ether oxygens (including phenoxy) is 2. The third-order valence-electron chi connectivity index (χ3n) is 2.32. The molecule has 0 aromatic carbocycles. The van der Waals surface area contributed by atoms with Crippen molar-refractivity contribution in [1.29, 1.82) is 0 Å². The molecule has 1 amide bonds. The zero-order valence-electron chi connectivity index (χ0n) is 10.7. The van der Waals surface area contributed by atoms with Crippen molar-refractivity contribution in [3.05, 3.63) is 0 Å². The highest BCUT2D eigenvalue weighted by atomic mass is 32.1. The van der Waals surface area contributed by atoms with Crippen LogP contribution in [0.1, 0.15) is 27.7 Å². The van der Waals surface area contributed by atoms with Crippen LogP contribution < -0.4 is 5.32 Å². The lowest BCUT2D eigenvalue weighted by atomic mass is 10.1. The van der Waals surface area contributed by atoms with Gasteiger partial charge >= 0.3 is 0 Å². The highest BCUT2D eigenvalue weighted by molar-refractivity contribution is 7.81. The van der Waals surface area contributed by atoms with Crippen LogP contribution in [0.15, 0.2) is 0 Å². The lowest BCUT2D eigenvalue weighted by Gasteiger charge is -2.21. The molecule has 1 rings (SSSR count). The van der Waals surface area contributed by atoms with Gasteiger partial charge in [0.1, 0.15) is 6.10 Å². The van der Waals surface area contributed by atoms with Crippen LogP contribution in [0.5, 0.6) is 0 Å². The Kier molecular flexibility index (Phi) is 4.46. The van der Waals surface area contributed by atoms with E-state index in [0.29, 0.717) is 6.54 Å². The molecule has 17 heavy (non-hydrogen) atoms. The monoisotopic (exact) mass is 263 g/mol. The van der Waals surface area contributed by atoms with Crippen molar-refractivity contribution in [1.82, 2.24) is 5.32 Å². The summed E-state index contributed by atoms with van der Waals surface area (Å²) in [7, 11) is 0. The number of rotatable bonds is 4. The number of hydrogen-bond acceptors (Lipinski definition) is 5. The van der Waals surface area contributed by atoms with Crippen molar-refractivity contribution in [3.8, 4) is 0 Å². The standard InChI is InChI=1S/C11H21NO4S/c1-10(2,17)6-12-9(14)8-7(5-13)15-11(3,4)16-8/h7-8,13,17H,5-6H2,1-4H3,(H,12,14)/t7-,8-/m1/s1. The lowest BCUT2D eigenvalue weighted by Crippen LogP contribution is -2.45. The van der Waals surface area contributed by atoms with E-state index in [1.165, 1.54) is 0 Å². The molecule has 0 spiro atoms. The van der Waals surface area contributed by atoms with E-state index < -0.39 is 18.0 Å². The Morgan fingerprint density at radius 3 is 2.53 bits per heavy atom. The Labute approximate surface area is 107 Å². The van der Waals surface area contributed by atoms with E-state index in [9.17, 15) is 4.79 Å². The molecule has 0 unspecified atom stereocenters. The second kappa shape index (κ2) is 5.14. The molecule has 1 aliphatic heterocycles. The Morgan fingerprint density at radius 2 is 2.06 bits per heavy atom. The van der Waals surface area contributed by atoms with Crippen LogP contribution in [0.4, 0.5) is 0 Å². The normalized spacial score (nSPS) is 28.1. The van der Waals surface area contributed by atoms with Gasteiger partial charge in [0, 0.05) is 11.3 Å². The fraction of sp³-hybridized carbons (Fsp3) is 0.909. The van der Waals surface area contributed by atoms with Gasteiger partial charge in [0.05, 0.1) is 6.61 Å². The topological polar surface area (TPSA) is 67.8 Å². The van der Waals surface area contributed by atoms with Crippen molar-refractivity contribution >= 4 is 18.5 Å². The first-order chi connectivity index (χ1) is 7.64. The van der Waals surface area contributed by atoms with Crippen molar-refractivity contribution in [3.63, 3.8) is 0 Å². The summed E-state index contributed by atoms with van der Waals surface area (Å²) >= 11 is 4.32. The van der Waals surface area contributed by atoms with E-state index in [-0.39, 0.29) is 17.3 Å². The number of amides is 1. The Morgan fingerprint density at radius 1 is 1.47 bits per heavy atom. The van der Waals surface area contributed by atoms with Crippen LogP contribution >= 0.6 is 12.6 Å². The third kappa shape index (κ3) is 4.46. The van der Waals surface area contributed by atoms with Crippen LogP contribution in [-0.2, 0) is 14.3 Å². The first-order valence-electron chi connectivity index (χ1n) is 5.61. The summed E-state index contributed by atoms with van der Waals surface area (Å²) in [6, 6.07) is 0. The molecule has 6 heteroatoms. The van der Waals surface area contributed by atoms with E-state index >= 15 is 0 Å². The highest BCUT2D eigenvalue weighted by Gasteiger charge is 2.44. The zero-order valence-corrected chi connectivity index (χ0v) is 11.6. The molecule has 0 radical (unpaired) electrons. The number of aliphatic hydroxyl groups excluding tert-OH is 1. The molecule has 2 N–H and O–H groups in total. The molecule has 0 bridgehead atoms. The van der Waals surface area contributed by atoms with Crippen molar-refractivity contribution < 1.29 is 19.4 Å². The van der Waals surface area contributed by atoms with Gasteiger partial charge in [-0.3, -0.25) is 4.79 Å². The fourth-order valence-corrected chi connectivity index (χ4v) is 1.67. The summed E-state index contributed by atoms with van der Waals surface area (Å²) in [4.78, 5) is 11.9. The van der Waals surface area contributed by atoms with Gasteiger partial charge < -0.3 is 19.9 Å². The molecule has 2 atom stereocenters. The fourth-order valence-electron chi connectivity index (χ4n) is 1.60. The van der Waals surface area contributed by atoms with Gasteiger partial charge in [-0.05, 0) is 27.7 Å². The van der Waals surface area contributed by atoms with Crippen LogP contribution in [-0.4, -0.2) is 46.9 Å². The summed E-state index contributed by atoms with van der Waals surface area (Å²) in [5.74, 6) is -1.12. The molecule has 0 aliphatic carbocycles. The molecule has 1 aliphatic rings. The van der Waals surface area contributed by atoms with Gasteiger partial charge in [-0.15, -0.1) is 0 Å². The number of thiol groups is 1. The Hall–Kier alpha value is -0.300. The molecular weight excluding hydrogens is 242 g/mol. The maximum atomic E-state index is 11.9. The van der Waals surface area contributed by atoms with E-state index in [4.69, 9.17) is 14.6 Å². The van der Waals surface area contributed by atoms with Crippen LogP contribution in [0.25, 0.3) is 0 Å². The number of aliphatic hydroxyl groups is 1. The molecule has 5 nitrogen and oxygen atoms in total. The lowest BCUT2D eigenvalue weighted by molar-refractivity contribution is -0.157. The SMILES string of the molecule is CC(C)(S)CNC(=O)[C@@H]1OC(C)(C)O[C@@H]1CO. The largest absolute Gasteiger partial charge is 0.394 e. The molecule has 1 saturated heterocycles. The summed E-state index contributed by atoms with van der Waals surface area (Å²) in [6.45, 7) is 7.40. The Balaban J connectivity index is 2.57. The number of hydrogen-bond donors (Lipinski definition) is 3. The molecule has 0 aromatic heterocycles.